The van der Waals surface area contributed by atoms with Crippen molar-refractivity contribution in [2.24, 2.45) is 0 Å². The highest BCUT2D eigenvalue weighted by molar-refractivity contribution is 7.12. The minimum atomic E-state index is -0.0385. The van der Waals surface area contributed by atoms with Gasteiger partial charge in [0, 0.05) is 36.4 Å². The third-order valence-corrected chi connectivity index (χ3v) is 4.00. The second-order valence-corrected chi connectivity index (χ2v) is 5.50. The number of aromatic nitrogens is 2. The highest BCUT2D eigenvalue weighted by atomic mass is 32.1. The Morgan fingerprint density at radius 3 is 3.19 bits per heavy atom. The van der Waals surface area contributed by atoms with Crippen LogP contribution in [0.25, 0.3) is 11.3 Å². The molecular weight excluding hydrogens is 286 g/mol. The molecule has 0 aliphatic heterocycles. The van der Waals surface area contributed by atoms with E-state index in [2.05, 4.69) is 10.3 Å². The first-order valence-electron chi connectivity index (χ1n) is 6.69. The van der Waals surface area contributed by atoms with Crippen molar-refractivity contribution in [1.29, 1.82) is 0 Å². The zero-order chi connectivity index (χ0) is 14.5. The summed E-state index contributed by atoms with van der Waals surface area (Å²) in [5.41, 5.74) is 0.938. The van der Waals surface area contributed by atoms with Crippen LogP contribution in [0.3, 0.4) is 0 Å². The molecule has 0 spiro atoms. The van der Waals surface area contributed by atoms with Crippen LogP contribution in [0, 0.1) is 0 Å². The molecule has 0 aliphatic rings. The fourth-order valence-corrected chi connectivity index (χ4v) is 2.81. The highest BCUT2D eigenvalue weighted by Crippen LogP contribution is 2.25. The highest BCUT2D eigenvalue weighted by Gasteiger charge is 2.10. The van der Waals surface area contributed by atoms with Crippen molar-refractivity contribution in [3.05, 3.63) is 53.4 Å². The van der Waals surface area contributed by atoms with Gasteiger partial charge in [-0.05, 0) is 24.6 Å². The zero-order valence-electron chi connectivity index (χ0n) is 11.4. The van der Waals surface area contributed by atoms with E-state index in [1.165, 1.54) is 11.3 Å². The fourth-order valence-electron chi connectivity index (χ4n) is 2.00. The van der Waals surface area contributed by atoms with Gasteiger partial charge in [0.15, 0.2) is 0 Å². The number of imidazole rings is 1. The lowest BCUT2D eigenvalue weighted by atomic mass is 10.2. The molecule has 0 unspecified atom stereocenters. The van der Waals surface area contributed by atoms with Gasteiger partial charge in [0.1, 0.15) is 5.76 Å². The quantitative estimate of drug-likeness (QED) is 0.712. The number of hydrogen-bond acceptors (Lipinski definition) is 4. The van der Waals surface area contributed by atoms with Crippen LogP contribution >= 0.6 is 11.3 Å². The van der Waals surface area contributed by atoms with Crippen LogP contribution in [0.15, 0.2) is 53.0 Å². The number of furan rings is 1. The number of aryl methyl sites for hydroxylation is 1. The predicted octanol–water partition coefficient (Wildman–Crippen LogP) is 3.02. The monoisotopic (exact) mass is 301 g/mol. The molecule has 3 heterocycles. The Hall–Kier alpha value is -2.34. The number of thiophene rings is 1. The van der Waals surface area contributed by atoms with Crippen LogP contribution < -0.4 is 5.32 Å². The van der Waals surface area contributed by atoms with Gasteiger partial charge in [0.25, 0.3) is 5.91 Å². The van der Waals surface area contributed by atoms with Crippen LogP contribution in [0.4, 0.5) is 0 Å². The molecule has 0 radical (unpaired) electrons. The van der Waals surface area contributed by atoms with E-state index in [-0.39, 0.29) is 5.91 Å². The third kappa shape index (κ3) is 3.41. The smallest absolute Gasteiger partial charge is 0.261 e. The van der Waals surface area contributed by atoms with E-state index >= 15 is 0 Å². The topological polar surface area (TPSA) is 60.1 Å². The SMILES string of the molecule is O=C(NCCCn1ccnc1)c1cc(-c2ccco2)cs1. The Balaban J connectivity index is 1.49. The van der Waals surface area contributed by atoms with Crippen LogP contribution in [-0.4, -0.2) is 22.0 Å². The summed E-state index contributed by atoms with van der Waals surface area (Å²) in [7, 11) is 0. The predicted molar refractivity (Wildman–Crippen MR) is 81.2 cm³/mol. The van der Waals surface area contributed by atoms with Crippen molar-refractivity contribution in [3.63, 3.8) is 0 Å². The number of carbonyl (C=O) groups is 1. The molecule has 5 nitrogen and oxygen atoms in total. The molecule has 0 saturated heterocycles. The summed E-state index contributed by atoms with van der Waals surface area (Å²) in [6, 6.07) is 5.58. The van der Waals surface area contributed by atoms with Crippen molar-refractivity contribution in [1.82, 2.24) is 14.9 Å². The van der Waals surface area contributed by atoms with Gasteiger partial charge in [-0.25, -0.2) is 4.98 Å². The van der Waals surface area contributed by atoms with E-state index in [1.807, 2.05) is 34.3 Å². The van der Waals surface area contributed by atoms with E-state index in [0.717, 1.165) is 24.3 Å². The summed E-state index contributed by atoms with van der Waals surface area (Å²) in [6.07, 6.45) is 7.94. The molecule has 108 valence electrons. The Labute approximate surface area is 126 Å². The lowest BCUT2D eigenvalue weighted by molar-refractivity contribution is 0.0957. The molecule has 0 aliphatic carbocycles. The molecule has 3 rings (SSSR count). The normalized spacial score (nSPS) is 10.7. The van der Waals surface area contributed by atoms with Crippen molar-refractivity contribution in [2.75, 3.05) is 6.54 Å². The summed E-state index contributed by atoms with van der Waals surface area (Å²) in [4.78, 5) is 16.7. The van der Waals surface area contributed by atoms with Gasteiger partial charge in [0.05, 0.1) is 17.5 Å². The molecule has 0 atom stereocenters. The van der Waals surface area contributed by atoms with Gasteiger partial charge >= 0.3 is 0 Å². The van der Waals surface area contributed by atoms with Crippen molar-refractivity contribution in [3.8, 4) is 11.3 Å². The maximum atomic E-state index is 12.0. The molecule has 6 heteroatoms. The van der Waals surface area contributed by atoms with E-state index in [9.17, 15) is 4.79 Å². The number of amides is 1. The number of hydrogen-bond donors (Lipinski definition) is 1. The summed E-state index contributed by atoms with van der Waals surface area (Å²) in [5, 5.41) is 4.86. The first-order chi connectivity index (χ1) is 10.3. The van der Waals surface area contributed by atoms with E-state index in [0.29, 0.717) is 11.4 Å². The molecule has 0 bridgehead atoms. The van der Waals surface area contributed by atoms with E-state index < -0.39 is 0 Å². The average Bonchev–Trinajstić information content (AvgIpc) is 3.25. The Morgan fingerprint density at radius 2 is 2.43 bits per heavy atom. The Morgan fingerprint density at radius 1 is 1.48 bits per heavy atom. The summed E-state index contributed by atoms with van der Waals surface area (Å²) in [6.45, 7) is 1.49. The second kappa shape index (κ2) is 6.41. The molecule has 1 N–H and O–H groups in total. The number of rotatable bonds is 6. The lowest BCUT2D eigenvalue weighted by Crippen LogP contribution is -2.24. The van der Waals surface area contributed by atoms with E-state index in [1.54, 1.807) is 18.8 Å². The molecule has 3 aromatic rings. The zero-order valence-corrected chi connectivity index (χ0v) is 12.2. The molecular formula is C15H15N3O2S. The molecule has 3 aromatic heterocycles. The molecule has 0 fully saturated rings. The van der Waals surface area contributed by atoms with Gasteiger partial charge in [-0.1, -0.05) is 0 Å². The maximum Gasteiger partial charge on any atom is 0.261 e. The lowest BCUT2D eigenvalue weighted by Gasteiger charge is -2.04. The third-order valence-electron chi connectivity index (χ3n) is 3.07. The summed E-state index contributed by atoms with van der Waals surface area (Å²) in [5.74, 6) is 0.744. The number of nitrogens with zero attached hydrogens (tertiary/aromatic N) is 2. The van der Waals surface area contributed by atoms with Gasteiger partial charge < -0.3 is 14.3 Å². The minimum absolute atomic E-state index is 0.0385. The molecule has 0 saturated carbocycles. The fraction of sp³-hybridized carbons (Fsp3) is 0.200. The van der Waals surface area contributed by atoms with E-state index in [4.69, 9.17) is 4.42 Å². The van der Waals surface area contributed by atoms with Crippen molar-refractivity contribution < 1.29 is 9.21 Å². The van der Waals surface area contributed by atoms with Gasteiger partial charge in [-0.3, -0.25) is 4.79 Å². The minimum Gasteiger partial charge on any atom is -0.464 e. The maximum absolute atomic E-state index is 12.0. The summed E-state index contributed by atoms with van der Waals surface area (Å²) >= 11 is 1.42. The second-order valence-electron chi connectivity index (χ2n) is 4.59. The van der Waals surface area contributed by atoms with Crippen molar-refractivity contribution >= 4 is 17.2 Å². The molecule has 1 amide bonds. The van der Waals surface area contributed by atoms with Crippen LogP contribution in [0.2, 0.25) is 0 Å². The van der Waals surface area contributed by atoms with Crippen LogP contribution in [0.1, 0.15) is 16.1 Å². The van der Waals surface area contributed by atoms with Crippen LogP contribution in [-0.2, 0) is 6.54 Å². The van der Waals surface area contributed by atoms with Crippen LogP contribution in [0.5, 0.6) is 0 Å². The average molecular weight is 301 g/mol. The van der Waals surface area contributed by atoms with Gasteiger partial charge in [-0.15, -0.1) is 11.3 Å². The number of carbonyl (C=O) groups excluding carboxylic acids is 1. The standard InChI is InChI=1S/C15H15N3O2S/c19-15(17-4-2-6-18-7-5-16-11-18)14-9-12(10-21-14)13-3-1-8-20-13/h1,3,5,7-11H,2,4,6H2,(H,17,19). The molecule has 21 heavy (non-hydrogen) atoms. The van der Waals surface area contributed by atoms with Gasteiger partial charge in [-0.2, -0.15) is 0 Å². The first kappa shape index (κ1) is 13.6. The van der Waals surface area contributed by atoms with Gasteiger partial charge in [0.2, 0.25) is 0 Å². The van der Waals surface area contributed by atoms with Crippen molar-refractivity contribution in [2.45, 2.75) is 13.0 Å². The first-order valence-corrected chi connectivity index (χ1v) is 7.57. The summed E-state index contributed by atoms with van der Waals surface area (Å²) < 4.78 is 7.31. The Kier molecular flexibility index (Phi) is 4.16. The Bertz CT molecular complexity index is 686. The number of nitrogens with one attached hydrogen (secondary N) is 1. The molecule has 0 aromatic carbocycles. The largest absolute Gasteiger partial charge is 0.464 e.